The molecule has 0 amide bonds. The second-order valence-electron chi connectivity index (χ2n) is 7.21. The molecule has 0 atom stereocenters. The van der Waals surface area contributed by atoms with Crippen LogP contribution >= 0.6 is 11.6 Å². The lowest BCUT2D eigenvalue weighted by Gasteiger charge is -2.27. The van der Waals surface area contributed by atoms with Gasteiger partial charge >= 0.3 is 0 Å². The maximum atomic E-state index is 13.5. The molecule has 4 rings (SSSR count). The number of methoxy groups -OCH3 is 1. The number of nitrogens with zero attached hydrogens (tertiary/aromatic N) is 2. The average molecular weight is 432 g/mol. The first-order valence-corrected chi connectivity index (χ1v) is 11.1. The van der Waals surface area contributed by atoms with Gasteiger partial charge < -0.3 is 4.74 Å². The number of halogens is 1. The second kappa shape index (κ2) is 7.48. The standard InChI is InChI=1S/C21H22ClN3O3S/c1-13-10-19(28-3)20(11-14(13)2)29(26,27)25-9-8-18-17(12-25)21(24-23-18)15-4-6-16(22)7-5-15/h4-7,10-11H,8-9,12H2,1-3H3,(H,23,24). The van der Waals surface area contributed by atoms with Crippen molar-refractivity contribution in [2.75, 3.05) is 13.7 Å². The van der Waals surface area contributed by atoms with Gasteiger partial charge in [0.05, 0.1) is 12.8 Å². The molecule has 2 aromatic carbocycles. The van der Waals surface area contributed by atoms with Gasteiger partial charge in [-0.2, -0.15) is 9.40 Å². The molecular weight excluding hydrogens is 410 g/mol. The van der Waals surface area contributed by atoms with E-state index >= 15 is 0 Å². The zero-order chi connectivity index (χ0) is 20.8. The Kier molecular flexibility index (Phi) is 5.14. The van der Waals surface area contributed by atoms with Crippen molar-refractivity contribution in [1.82, 2.24) is 14.5 Å². The molecule has 8 heteroatoms. The number of H-pyrrole nitrogens is 1. The Morgan fingerprint density at radius 3 is 2.52 bits per heavy atom. The first-order valence-electron chi connectivity index (χ1n) is 9.28. The lowest BCUT2D eigenvalue weighted by atomic mass is 10.0. The van der Waals surface area contributed by atoms with Crippen LogP contribution in [0.1, 0.15) is 22.4 Å². The van der Waals surface area contributed by atoms with Gasteiger partial charge in [-0.15, -0.1) is 0 Å². The van der Waals surface area contributed by atoms with E-state index in [1.807, 2.05) is 26.0 Å². The Labute approximate surface area is 175 Å². The van der Waals surface area contributed by atoms with Crippen molar-refractivity contribution >= 4 is 21.6 Å². The molecule has 0 radical (unpaired) electrons. The molecule has 1 aliphatic heterocycles. The Bertz CT molecular complexity index is 1170. The van der Waals surface area contributed by atoms with E-state index in [1.165, 1.54) is 11.4 Å². The molecule has 152 valence electrons. The highest BCUT2D eigenvalue weighted by molar-refractivity contribution is 7.89. The van der Waals surface area contributed by atoms with Crippen LogP contribution in [0.4, 0.5) is 0 Å². The topological polar surface area (TPSA) is 75.3 Å². The molecule has 0 saturated carbocycles. The highest BCUT2D eigenvalue weighted by atomic mass is 35.5. The number of aryl methyl sites for hydroxylation is 2. The molecule has 3 aromatic rings. The minimum absolute atomic E-state index is 0.197. The molecule has 0 spiro atoms. The third-order valence-electron chi connectivity index (χ3n) is 5.41. The smallest absolute Gasteiger partial charge is 0.247 e. The first-order chi connectivity index (χ1) is 13.8. The Morgan fingerprint density at radius 1 is 1.14 bits per heavy atom. The van der Waals surface area contributed by atoms with Gasteiger partial charge in [0.15, 0.2) is 0 Å². The fourth-order valence-corrected chi connectivity index (χ4v) is 5.34. The first kappa shape index (κ1) is 19.9. The van der Waals surface area contributed by atoms with Crippen molar-refractivity contribution in [3.63, 3.8) is 0 Å². The van der Waals surface area contributed by atoms with Crippen LogP contribution in [0.3, 0.4) is 0 Å². The monoisotopic (exact) mass is 431 g/mol. The van der Waals surface area contributed by atoms with E-state index in [-0.39, 0.29) is 11.4 Å². The Balaban J connectivity index is 1.73. The maximum Gasteiger partial charge on any atom is 0.247 e. The predicted octanol–water partition coefficient (Wildman–Crippen LogP) is 4.10. The van der Waals surface area contributed by atoms with Crippen LogP contribution < -0.4 is 4.74 Å². The summed E-state index contributed by atoms with van der Waals surface area (Å²) in [6.07, 6.45) is 0.572. The summed E-state index contributed by atoms with van der Waals surface area (Å²) in [5.41, 5.74) is 5.41. The number of aromatic nitrogens is 2. The van der Waals surface area contributed by atoms with Gasteiger partial charge in [-0.25, -0.2) is 8.42 Å². The SMILES string of the molecule is COc1cc(C)c(C)cc1S(=O)(=O)N1CCc2[nH]nc(-c3ccc(Cl)cc3)c2C1. The summed E-state index contributed by atoms with van der Waals surface area (Å²) in [5.74, 6) is 0.365. The van der Waals surface area contributed by atoms with E-state index in [0.717, 1.165) is 33.6 Å². The number of hydrogen-bond donors (Lipinski definition) is 1. The molecule has 1 aliphatic rings. The second-order valence-corrected chi connectivity index (χ2v) is 9.55. The Morgan fingerprint density at radius 2 is 1.83 bits per heavy atom. The summed E-state index contributed by atoms with van der Waals surface area (Å²) in [6.45, 7) is 4.47. The molecule has 2 heterocycles. The number of sulfonamides is 1. The molecule has 1 N–H and O–H groups in total. The summed E-state index contributed by atoms with van der Waals surface area (Å²) in [7, 11) is -2.23. The van der Waals surface area contributed by atoms with Crippen molar-refractivity contribution in [1.29, 1.82) is 0 Å². The summed E-state index contributed by atoms with van der Waals surface area (Å²) in [6, 6.07) is 10.8. The van der Waals surface area contributed by atoms with Gasteiger partial charge in [0.25, 0.3) is 0 Å². The zero-order valence-corrected chi connectivity index (χ0v) is 18.1. The van der Waals surface area contributed by atoms with Gasteiger partial charge in [-0.1, -0.05) is 23.7 Å². The third kappa shape index (κ3) is 3.54. The molecule has 1 aromatic heterocycles. The minimum Gasteiger partial charge on any atom is -0.495 e. The highest BCUT2D eigenvalue weighted by Gasteiger charge is 2.33. The molecule has 6 nitrogen and oxygen atoms in total. The van der Waals surface area contributed by atoms with Gasteiger partial charge in [0.1, 0.15) is 10.6 Å². The van der Waals surface area contributed by atoms with Crippen LogP contribution in [0.5, 0.6) is 5.75 Å². The summed E-state index contributed by atoms with van der Waals surface area (Å²) in [5, 5.41) is 8.14. The number of fused-ring (bicyclic) bond motifs is 1. The van der Waals surface area contributed by atoms with Crippen LogP contribution in [0.15, 0.2) is 41.3 Å². The Hall–Kier alpha value is -2.35. The number of aromatic amines is 1. The molecule has 0 bridgehead atoms. The van der Waals surface area contributed by atoms with E-state index < -0.39 is 10.0 Å². The number of benzene rings is 2. The van der Waals surface area contributed by atoms with Crippen molar-refractivity contribution in [2.45, 2.75) is 31.7 Å². The van der Waals surface area contributed by atoms with Crippen molar-refractivity contribution < 1.29 is 13.2 Å². The van der Waals surface area contributed by atoms with E-state index in [9.17, 15) is 8.42 Å². The van der Waals surface area contributed by atoms with Gasteiger partial charge in [0.2, 0.25) is 10.0 Å². The molecule has 0 unspecified atom stereocenters. The molecule has 0 aliphatic carbocycles. The largest absolute Gasteiger partial charge is 0.495 e. The molecular formula is C21H22ClN3O3S. The fraction of sp³-hybridized carbons (Fsp3) is 0.286. The van der Waals surface area contributed by atoms with E-state index in [0.29, 0.717) is 23.7 Å². The number of ether oxygens (including phenoxy) is 1. The van der Waals surface area contributed by atoms with E-state index in [1.54, 1.807) is 24.3 Å². The lowest BCUT2D eigenvalue weighted by Crippen LogP contribution is -2.36. The van der Waals surface area contributed by atoms with Crippen LogP contribution in [0.2, 0.25) is 5.02 Å². The minimum atomic E-state index is -3.72. The third-order valence-corrected chi connectivity index (χ3v) is 7.53. The van der Waals surface area contributed by atoms with Gasteiger partial charge in [-0.3, -0.25) is 5.10 Å². The van der Waals surface area contributed by atoms with Gasteiger partial charge in [0, 0.05) is 41.4 Å². The number of hydrogen-bond acceptors (Lipinski definition) is 4. The van der Waals surface area contributed by atoms with Crippen molar-refractivity contribution in [3.8, 4) is 17.0 Å². The molecule has 29 heavy (non-hydrogen) atoms. The summed E-state index contributed by atoms with van der Waals surface area (Å²) >= 11 is 5.99. The predicted molar refractivity (Wildman–Crippen MR) is 113 cm³/mol. The normalized spacial score (nSPS) is 14.6. The zero-order valence-electron chi connectivity index (χ0n) is 16.5. The van der Waals surface area contributed by atoms with Crippen molar-refractivity contribution in [2.24, 2.45) is 0 Å². The van der Waals surface area contributed by atoms with E-state index in [2.05, 4.69) is 10.2 Å². The average Bonchev–Trinajstić information content (AvgIpc) is 3.13. The molecule has 0 fully saturated rings. The van der Waals surface area contributed by atoms with Crippen LogP contribution in [-0.2, 0) is 23.0 Å². The van der Waals surface area contributed by atoms with Crippen molar-refractivity contribution in [3.05, 3.63) is 63.8 Å². The number of nitrogens with one attached hydrogen (secondary N) is 1. The van der Waals surface area contributed by atoms with Crippen LogP contribution in [-0.4, -0.2) is 36.6 Å². The van der Waals surface area contributed by atoms with Gasteiger partial charge in [-0.05, 0) is 49.2 Å². The quantitative estimate of drug-likeness (QED) is 0.674. The molecule has 0 saturated heterocycles. The fourth-order valence-electron chi connectivity index (χ4n) is 3.59. The van der Waals surface area contributed by atoms with Crippen LogP contribution in [0.25, 0.3) is 11.3 Å². The number of rotatable bonds is 4. The maximum absolute atomic E-state index is 13.5. The lowest BCUT2D eigenvalue weighted by molar-refractivity contribution is 0.377. The highest BCUT2D eigenvalue weighted by Crippen LogP contribution is 2.34. The summed E-state index contributed by atoms with van der Waals surface area (Å²) in [4.78, 5) is 0.197. The van der Waals surface area contributed by atoms with Crippen LogP contribution in [0, 0.1) is 13.8 Å². The summed E-state index contributed by atoms with van der Waals surface area (Å²) < 4.78 is 33.8. The van der Waals surface area contributed by atoms with E-state index in [4.69, 9.17) is 16.3 Å².